The fourth-order valence-corrected chi connectivity index (χ4v) is 1.46. The van der Waals surface area contributed by atoms with Gasteiger partial charge >= 0.3 is 0 Å². The molecule has 1 saturated heterocycles. The number of ether oxygens (including phenoxy) is 1. The molecule has 11 heavy (non-hydrogen) atoms. The van der Waals surface area contributed by atoms with E-state index in [0.717, 1.165) is 12.8 Å². The lowest BCUT2D eigenvalue weighted by atomic mass is 10.0. The van der Waals surface area contributed by atoms with Crippen LogP contribution >= 0.6 is 0 Å². The van der Waals surface area contributed by atoms with Gasteiger partial charge in [0, 0.05) is 6.04 Å². The summed E-state index contributed by atoms with van der Waals surface area (Å²) in [7, 11) is 0. The maximum absolute atomic E-state index is 5.74. The second-order valence-electron chi connectivity index (χ2n) is 2.99. The van der Waals surface area contributed by atoms with Crippen molar-refractivity contribution in [3.8, 4) is 0 Å². The lowest BCUT2D eigenvalue weighted by molar-refractivity contribution is -0.0365. The van der Waals surface area contributed by atoms with Crippen LogP contribution in [0.15, 0.2) is 0 Å². The van der Waals surface area contributed by atoms with Crippen molar-refractivity contribution >= 4 is 0 Å². The molecule has 0 aromatic carbocycles. The average Bonchev–Trinajstić information content (AvgIpc) is 1.88. The van der Waals surface area contributed by atoms with Crippen molar-refractivity contribution in [1.29, 1.82) is 0 Å². The first-order chi connectivity index (χ1) is 5.18. The molecule has 0 spiro atoms. The number of hydrogen-bond donors (Lipinski definition) is 1. The van der Waals surface area contributed by atoms with Gasteiger partial charge in [-0.25, -0.2) is 0 Å². The first-order valence-corrected chi connectivity index (χ1v) is 4.59. The van der Waals surface area contributed by atoms with E-state index in [2.05, 4.69) is 13.8 Å². The van der Waals surface area contributed by atoms with E-state index in [4.69, 9.17) is 10.5 Å². The van der Waals surface area contributed by atoms with E-state index in [9.17, 15) is 0 Å². The van der Waals surface area contributed by atoms with Crippen molar-refractivity contribution in [2.45, 2.75) is 58.8 Å². The summed E-state index contributed by atoms with van der Waals surface area (Å²) in [6.07, 6.45) is 2.77. The maximum atomic E-state index is 5.74. The van der Waals surface area contributed by atoms with E-state index in [0.29, 0.717) is 18.2 Å². The Balaban J connectivity index is 0.000000461. The van der Waals surface area contributed by atoms with Crippen molar-refractivity contribution in [1.82, 2.24) is 0 Å². The van der Waals surface area contributed by atoms with Crippen LogP contribution in [0.5, 0.6) is 0 Å². The van der Waals surface area contributed by atoms with E-state index >= 15 is 0 Å². The molecule has 1 aliphatic rings. The SMILES string of the molecule is CC.CC1CC(N)CC(C)O1. The van der Waals surface area contributed by atoms with Gasteiger partial charge in [-0.15, -0.1) is 0 Å². The standard InChI is InChI=1S/C7H15NO.C2H6/c1-5-3-7(8)4-6(2)9-5;1-2/h5-7H,3-4,8H2,1-2H3;1-2H3. The molecule has 2 N–H and O–H groups in total. The third-order valence-corrected chi connectivity index (χ3v) is 1.73. The molecule has 1 aliphatic heterocycles. The van der Waals surface area contributed by atoms with Gasteiger partial charge in [-0.2, -0.15) is 0 Å². The Bertz CT molecular complexity index is 70.5. The summed E-state index contributed by atoms with van der Waals surface area (Å²) in [6.45, 7) is 8.16. The van der Waals surface area contributed by atoms with Crippen molar-refractivity contribution in [2.75, 3.05) is 0 Å². The summed E-state index contributed by atoms with van der Waals surface area (Å²) in [5.74, 6) is 0. The molecule has 1 fully saturated rings. The molecule has 2 nitrogen and oxygen atoms in total. The van der Waals surface area contributed by atoms with Gasteiger partial charge < -0.3 is 10.5 Å². The Morgan fingerprint density at radius 2 is 1.45 bits per heavy atom. The fraction of sp³-hybridized carbons (Fsp3) is 1.00. The molecule has 0 aromatic heterocycles. The van der Waals surface area contributed by atoms with Gasteiger partial charge in [0.15, 0.2) is 0 Å². The van der Waals surface area contributed by atoms with Crippen LogP contribution in [0.25, 0.3) is 0 Å². The Hall–Kier alpha value is -0.0800. The number of rotatable bonds is 0. The molecule has 0 bridgehead atoms. The van der Waals surface area contributed by atoms with Crippen molar-refractivity contribution in [2.24, 2.45) is 5.73 Å². The van der Waals surface area contributed by atoms with Crippen LogP contribution in [0.3, 0.4) is 0 Å². The molecular weight excluding hydrogens is 138 g/mol. The molecular formula is C9H21NO. The highest BCUT2D eigenvalue weighted by molar-refractivity contribution is 4.74. The summed E-state index contributed by atoms with van der Waals surface area (Å²) >= 11 is 0. The molecule has 0 radical (unpaired) electrons. The van der Waals surface area contributed by atoms with Crippen molar-refractivity contribution in [3.05, 3.63) is 0 Å². The van der Waals surface area contributed by atoms with Gasteiger partial charge in [0.2, 0.25) is 0 Å². The minimum atomic E-state index is 0.365. The first-order valence-electron chi connectivity index (χ1n) is 4.59. The van der Waals surface area contributed by atoms with E-state index < -0.39 is 0 Å². The minimum Gasteiger partial charge on any atom is -0.375 e. The number of hydrogen-bond acceptors (Lipinski definition) is 2. The Morgan fingerprint density at radius 3 is 1.73 bits per heavy atom. The Kier molecular flexibility index (Phi) is 5.51. The quantitative estimate of drug-likeness (QED) is 0.586. The van der Waals surface area contributed by atoms with Gasteiger partial charge in [0.25, 0.3) is 0 Å². The molecule has 2 unspecified atom stereocenters. The summed E-state index contributed by atoms with van der Waals surface area (Å²) in [4.78, 5) is 0. The largest absolute Gasteiger partial charge is 0.375 e. The van der Waals surface area contributed by atoms with Gasteiger partial charge in [-0.3, -0.25) is 0 Å². The van der Waals surface area contributed by atoms with E-state index in [1.807, 2.05) is 13.8 Å². The van der Waals surface area contributed by atoms with Crippen molar-refractivity contribution in [3.63, 3.8) is 0 Å². The highest BCUT2D eigenvalue weighted by Crippen LogP contribution is 2.16. The first kappa shape index (κ1) is 10.9. The zero-order valence-corrected chi connectivity index (χ0v) is 8.13. The van der Waals surface area contributed by atoms with Gasteiger partial charge in [0.05, 0.1) is 12.2 Å². The molecule has 0 amide bonds. The molecule has 1 heterocycles. The third-order valence-electron chi connectivity index (χ3n) is 1.73. The molecule has 2 atom stereocenters. The van der Waals surface area contributed by atoms with E-state index in [-0.39, 0.29) is 0 Å². The van der Waals surface area contributed by atoms with Crippen molar-refractivity contribution < 1.29 is 4.74 Å². The average molecular weight is 159 g/mol. The summed E-state index contributed by atoms with van der Waals surface area (Å²) < 4.78 is 5.48. The highest BCUT2D eigenvalue weighted by atomic mass is 16.5. The number of nitrogens with two attached hydrogens (primary N) is 1. The minimum absolute atomic E-state index is 0.365. The summed E-state index contributed by atoms with van der Waals surface area (Å²) in [5, 5.41) is 0. The molecule has 68 valence electrons. The topological polar surface area (TPSA) is 35.2 Å². The Labute approximate surface area is 70.1 Å². The van der Waals surface area contributed by atoms with Gasteiger partial charge in [-0.1, -0.05) is 13.8 Å². The lowest BCUT2D eigenvalue weighted by Gasteiger charge is -2.29. The van der Waals surface area contributed by atoms with E-state index in [1.54, 1.807) is 0 Å². The molecule has 0 aliphatic carbocycles. The zero-order chi connectivity index (χ0) is 8.85. The van der Waals surface area contributed by atoms with Crippen LogP contribution in [-0.4, -0.2) is 18.2 Å². The smallest absolute Gasteiger partial charge is 0.0565 e. The second-order valence-corrected chi connectivity index (χ2v) is 2.99. The van der Waals surface area contributed by atoms with Crippen LogP contribution in [0.4, 0.5) is 0 Å². The van der Waals surface area contributed by atoms with Crippen LogP contribution < -0.4 is 5.73 Å². The molecule has 2 heteroatoms. The van der Waals surface area contributed by atoms with Crippen LogP contribution in [0, 0.1) is 0 Å². The second kappa shape index (κ2) is 5.56. The van der Waals surface area contributed by atoms with Crippen LogP contribution in [0.2, 0.25) is 0 Å². The molecule has 0 aromatic rings. The van der Waals surface area contributed by atoms with E-state index in [1.165, 1.54) is 0 Å². The van der Waals surface area contributed by atoms with Gasteiger partial charge in [-0.05, 0) is 26.7 Å². The molecule has 1 rings (SSSR count). The maximum Gasteiger partial charge on any atom is 0.0565 e. The fourth-order valence-electron chi connectivity index (χ4n) is 1.46. The predicted molar refractivity (Wildman–Crippen MR) is 48.6 cm³/mol. The Morgan fingerprint density at radius 1 is 1.09 bits per heavy atom. The lowest BCUT2D eigenvalue weighted by Crippen LogP contribution is -2.37. The summed E-state index contributed by atoms with van der Waals surface area (Å²) in [5.41, 5.74) is 5.74. The zero-order valence-electron chi connectivity index (χ0n) is 8.13. The van der Waals surface area contributed by atoms with Crippen LogP contribution in [0.1, 0.15) is 40.5 Å². The predicted octanol–water partition coefficient (Wildman–Crippen LogP) is 1.93. The normalized spacial score (nSPS) is 37.4. The van der Waals surface area contributed by atoms with Crippen LogP contribution in [-0.2, 0) is 4.74 Å². The monoisotopic (exact) mass is 159 g/mol. The summed E-state index contributed by atoms with van der Waals surface area (Å²) in [6, 6.07) is 0.365. The highest BCUT2D eigenvalue weighted by Gasteiger charge is 2.20. The van der Waals surface area contributed by atoms with Gasteiger partial charge in [0.1, 0.15) is 0 Å². The molecule has 0 saturated carbocycles. The third kappa shape index (κ3) is 4.38.